The molecule has 0 radical (unpaired) electrons. The fourth-order valence-corrected chi connectivity index (χ4v) is 2.58. The third-order valence-corrected chi connectivity index (χ3v) is 3.77. The maximum Gasteiger partial charge on any atom is 0.354 e. The van der Waals surface area contributed by atoms with E-state index in [9.17, 15) is 14.4 Å². The molecule has 0 unspecified atom stereocenters. The van der Waals surface area contributed by atoms with Gasteiger partial charge in [0, 0.05) is 30.5 Å². The number of aromatic amines is 1. The lowest BCUT2D eigenvalue weighted by Crippen LogP contribution is -2.50. The number of carbonyl (C=O) groups excluding carboxylic acids is 3. The Hall–Kier alpha value is -2.35. The summed E-state index contributed by atoms with van der Waals surface area (Å²) in [5, 5.41) is 2.84. The van der Waals surface area contributed by atoms with E-state index in [0.29, 0.717) is 23.4 Å². The van der Waals surface area contributed by atoms with Gasteiger partial charge in [-0.15, -0.1) is 0 Å². The van der Waals surface area contributed by atoms with Crippen LogP contribution in [-0.4, -0.2) is 67.1 Å². The SMILES string of the molecule is COCCN(CC(=O)c1c(C)[nH]c(C(=O)OC)c1C)C(=O)NC(C)(C)C. The minimum atomic E-state index is -0.536. The van der Waals surface area contributed by atoms with E-state index in [1.165, 1.54) is 19.1 Å². The number of H-pyrrole nitrogens is 1. The van der Waals surface area contributed by atoms with Crippen molar-refractivity contribution in [1.29, 1.82) is 0 Å². The number of methoxy groups -OCH3 is 2. The number of aryl methyl sites for hydroxylation is 1. The summed E-state index contributed by atoms with van der Waals surface area (Å²) < 4.78 is 9.76. The van der Waals surface area contributed by atoms with Crippen molar-refractivity contribution in [3.8, 4) is 0 Å². The highest BCUT2D eigenvalue weighted by atomic mass is 16.5. The van der Waals surface area contributed by atoms with Crippen molar-refractivity contribution in [3.63, 3.8) is 0 Å². The molecular weight excluding hydrogens is 338 g/mol. The number of amides is 2. The minimum absolute atomic E-state index is 0.120. The van der Waals surface area contributed by atoms with Gasteiger partial charge < -0.3 is 24.7 Å². The number of hydrogen-bond donors (Lipinski definition) is 2. The van der Waals surface area contributed by atoms with Gasteiger partial charge in [0.25, 0.3) is 0 Å². The van der Waals surface area contributed by atoms with Crippen LogP contribution in [0.15, 0.2) is 0 Å². The summed E-state index contributed by atoms with van der Waals surface area (Å²) in [6.45, 7) is 9.45. The Balaban J connectivity index is 3.05. The van der Waals surface area contributed by atoms with Gasteiger partial charge in [0.05, 0.1) is 20.3 Å². The van der Waals surface area contributed by atoms with Crippen molar-refractivity contribution < 1.29 is 23.9 Å². The zero-order valence-corrected chi connectivity index (χ0v) is 16.6. The Morgan fingerprint density at radius 3 is 2.27 bits per heavy atom. The van der Waals surface area contributed by atoms with Gasteiger partial charge in [-0.25, -0.2) is 9.59 Å². The number of rotatable bonds is 7. The molecule has 1 aromatic heterocycles. The zero-order chi connectivity index (χ0) is 20.1. The van der Waals surface area contributed by atoms with Crippen LogP contribution in [0.5, 0.6) is 0 Å². The lowest BCUT2D eigenvalue weighted by molar-refractivity contribution is 0.0593. The van der Waals surface area contributed by atoms with Gasteiger partial charge in [0.1, 0.15) is 5.69 Å². The molecule has 2 amide bonds. The molecular formula is C18H29N3O5. The number of nitrogens with zero attached hydrogens (tertiary/aromatic N) is 1. The highest BCUT2D eigenvalue weighted by Gasteiger charge is 2.26. The number of ether oxygens (including phenoxy) is 2. The molecule has 0 saturated heterocycles. The third-order valence-electron chi connectivity index (χ3n) is 3.77. The second-order valence-electron chi connectivity index (χ2n) is 7.13. The van der Waals surface area contributed by atoms with E-state index in [2.05, 4.69) is 10.3 Å². The second kappa shape index (κ2) is 8.84. The van der Waals surface area contributed by atoms with Crippen molar-refractivity contribution >= 4 is 17.8 Å². The van der Waals surface area contributed by atoms with Crippen LogP contribution in [0.1, 0.15) is 52.9 Å². The molecule has 0 atom stereocenters. The number of nitrogens with one attached hydrogen (secondary N) is 2. The first-order chi connectivity index (χ1) is 12.0. The summed E-state index contributed by atoms with van der Waals surface area (Å²) in [6, 6.07) is -0.345. The molecule has 0 saturated carbocycles. The van der Waals surface area contributed by atoms with Crippen molar-refractivity contribution in [1.82, 2.24) is 15.2 Å². The van der Waals surface area contributed by atoms with E-state index in [4.69, 9.17) is 9.47 Å². The fourth-order valence-electron chi connectivity index (χ4n) is 2.58. The van der Waals surface area contributed by atoms with Gasteiger partial charge in [-0.3, -0.25) is 4.79 Å². The van der Waals surface area contributed by atoms with E-state index >= 15 is 0 Å². The van der Waals surface area contributed by atoms with Gasteiger partial charge in [-0.1, -0.05) is 0 Å². The van der Waals surface area contributed by atoms with Crippen LogP contribution in [0, 0.1) is 13.8 Å². The van der Waals surface area contributed by atoms with Crippen molar-refractivity contribution in [2.45, 2.75) is 40.2 Å². The Labute approximate surface area is 154 Å². The van der Waals surface area contributed by atoms with E-state index in [1.807, 2.05) is 20.8 Å². The summed E-state index contributed by atoms with van der Waals surface area (Å²) in [5.41, 5.74) is 1.30. The first-order valence-corrected chi connectivity index (χ1v) is 8.38. The first kappa shape index (κ1) is 21.7. The Kier molecular flexibility index (Phi) is 7.38. The van der Waals surface area contributed by atoms with Gasteiger partial charge in [-0.2, -0.15) is 0 Å². The highest BCUT2D eigenvalue weighted by molar-refractivity contribution is 6.04. The molecule has 8 nitrogen and oxygen atoms in total. The summed E-state index contributed by atoms with van der Waals surface area (Å²) in [6.07, 6.45) is 0. The monoisotopic (exact) mass is 367 g/mol. The lowest BCUT2D eigenvalue weighted by Gasteiger charge is -2.28. The second-order valence-corrected chi connectivity index (χ2v) is 7.13. The molecule has 0 bridgehead atoms. The predicted molar refractivity (Wildman–Crippen MR) is 97.7 cm³/mol. The standard InChI is InChI=1S/C18H29N3O5/c1-11-14(12(2)19-15(11)16(23)26-7)13(22)10-21(8-9-25-6)17(24)20-18(3,4)5/h19H,8-10H2,1-7H3,(H,20,24). The number of hydrogen-bond acceptors (Lipinski definition) is 5. The zero-order valence-electron chi connectivity index (χ0n) is 16.6. The molecule has 8 heteroatoms. The minimum Gasteiger partial charge on any atom is -0.464 e. The van der Waals surface area contributed by atoms with Gasteiger partial charge >= 0.3 is 12.0 Å². The number of esters is 1. The number of ketones is 1. The van der Waals surface area contributed by atoms with Gasteiger partial charge in [0.2, 0.25) is 0 Å². The van der Waals surface area contributed by atoms with Crippen LogP contribution in [0.4, 0.5) is 4.79 Å². The molecule has 1 heterocycles. The molecule has 26 heavy (non-hydrogen) atoms. The summed E-state index contributed by atoms with van der Waals surface area (Å²) >= 11 is 0. The summed E-state index contributed by atoms with van der Waals surface area (Å²) in [7, 11) is 2.81. The first-order valence-electron chi connectivity index (χ1n) is 8.38. The maximum absolute atomic E-state index is 12.8. The number of Topliss-reactive ketones (excluding diaryl/α,β-unsaturated/α-hetero) is 1. The van der Waals surface area contributed by atoms with Crippen LogP contribution in [0.2, 0.25) is 0 Å². The molecule has 1 rings (SSSR count). The van der Waals surface area contributed by atoms with E-state index in [1.54, 1.807) is 13.8 Å². The maximum atomic E-state index is 12.8. The van der Waals surface area contributed by atoms with Crippen LogP contribution in [-0.2, 0) is 9.47 Å². The molecule has 0 spiro atoms. The van der Waals surface area contributed by atoms with Crippen LogP contribution < -0.4 is 5.32 Å². The smallest absolute Gasteiger partial charge is 0.354 e. The summed E-state index contributed by atoms with van der Waals surface area (Å²) in [5.74, 6) is -0.794. The molecule has 0 aliphatic carbocycles. The number of carbonyl (C=O) groups is 3. The van der Waals surface area contributed by atoms with Crippen LogP contribution in [0.25, 0.3) is 0 Å². The number of aromatic nitrogens is 1. The average molecular weight is 367 g/mol. The molecule has 0 aromatic carbocycles. The predicted octanol–water partition coefficient (Wildman–Crippen LogP) is 2.06. The van der Waals surface area contributed by atoms with E-state index in [0.717, 1.165) is 0 Å². The van der Waals surface area contributed by atoms with Crippen molar-refractivity contribution in [2.24, 2.45) is 0 Å². The van der Waals surface area contributed by atoms with E-state index < -0.39 is 11.5 Å². The molecule has 0 aliphatic rings. The summed E-state index contributed by atoms with van der Waals surface area (Å²) in [4.78, 5) is 41.4. The average Bonchev–Trinajstić information content (AvgIpc) is 2.83. The number of urea groups is 1. The van der Waals surface area contributed by atoms with Crippen LogP contribution >= 0.6 is 0 Å². The largest absolute Gasteiger partial charge is 0.464 e. The molecule has 2 N–H and O–H groups in total. The van der Waals surface area contributed by atoms with Gasteiger partial charge in [-0.05, 0) is 40.2 Å². The Morgan fingerprint density at radius 2 is 1.77 bits per heavy atom. The molecule has 1 aromatic rings. The molecule has 146 valence electrons. The quantitative estimate of drug-likeness (QED) is 0.567. The lowest BCUT2D eigenvalue weighted by atomic mass is 10.1. The van der Waals surface area contributed by atoms with Gasteiger partial charge in [0.15, 0.2) is 5.78 Å². The van der Waals surface area contributed by atoms with Crippen molar-refractivity contribution in [3.05, 3.63) is 22.5 Å². The highest BCUT2D eigenvalue weighted by Crippen LogP contribution is 2.20. The van der Waals surface area contributed by atoms with Crippen LogP contribution in [0.3, 0.4) is 0 Å². The molecule has 0 aliphatic heterocycles. The topological polar surface area (TPSA) is 101 Å². The fraction of sp³-hybridized carbons (Fsp3) is 0.611. The Morgan fingerprint density at radius 1 is 1.15 bits per heavy atom. The Bertz CT molecular complexity index is 673. The normalized spacial score (nSPS) is 11.2. The third kappa shape index (κ3) is 5.59. The van der Waals surface area contributed by atoms with Crippen molar-refractivity contribution in [2.75, 3.05) is 33.9 Å². The molecule has 0 fully saturated rings. The van der Waals surface area contributed by atoms with E-state index in [-0.39, 0.29) is 30.6 Å².